The minimum Gasteiger partial charge on any atom is -0.396 e. The number of fused-ring (bicyclic) bond motifs is 1. The van der Waals surface area contributed by atoms with Crippen LogP contribution in [0, 0.1) is 0 Å². The summed E-state index contributed by atoms with van der Waals surface area (Å²) in [5.74, 6) is 0.415. The van der Waals surface area contributed by atoms with E-state index in [-0.39, 0.29) is 24.3 Å². The second kappa shape index (κ2) is 10.2. The molecule has 166 valence electrons. The average molecular weight is 426 g/mol. The van der Waals surface area contributed by atoms with Crippen LogP contribution in [0.1, 0.15) is 49.9 Å². The van der Waals surface area contributed by atoms with Crippen LogP contribution in [0.5, 0.6) is 0 Å². The van der Waals surface area contributed by atoms with E-state index in [1.165, 1.54) is 0 Å². The molecule has 3 rings (SSSR count). The number of aromatic nitrogens is 3. The van der Waals surface area contributed by atoms with Crippen LogP contribution < -0.4 is 22.5 Å². The van der Waals surface area contributed by atoms with Crippen LogP contribution in [0.3, 0.4) is 0 Å². The fourth-order valence-electron chi connectivity index (χ4n) is 3.46. The minimum absolute atomic E-state index is 0.00569. The highest BCUT2D eigenvalue weighted by molar-refractivity contribution is 5.76. The molecular formula is C22H31N7O2. The number of H-pyrrole nitrogens is 1. The maximum atomic E-state index is 12.5. The molecule has 0 unspecified atom stereocenters. The molecule has 0 aliphatic heterocycles. The number of hydrogen-bond donors (Lipinski definition) is 5. The Morgan fingerprint density at radius 2 is 2.03 bits per heavy atom. The second-order valence-corrected chi connectivity index (χ2v) is 7.85. The maximum absolute atomic E-state index is 12.5. The first-order chi connectivity index (χ1) is 14.9. The van der Waals surface area contributed by atoms with Gasteiger partial charge in [0, 0.05) is 36.5 Å². The van der Waals surface area contributed by atoms with E-state index in [2.05, 4.69) is 34.1 Å². The van der Waals surface area contributed by atoms with Gasteiger partial charge in [-0.1, -0.05) is 26.0 Å². The fraction of sp³-hybridized carbons (Fsp3) is 0.409. The summed E-state index contributed by atoms with van der Waals surface area (Å²) >= 11 is 0. The van der Waals surface area contributed by atoms with Gasteiger partial charge in [0.15, 0.2) is 5.96 Å². The Hall–Kier alpha value is -3.17. The molecule has 9 nitrogen and oxygen atoms in total. The van der Waals surface area contributed by atoms with Gasteiger partial charge in [-0.15, -0.1) is 0 Å². The normalized spacial score (nSPS) is 12.4. The van der Waals surface area contributed by atoms with Crippen molar-refractivity contribution >= 4 is 17.0 Å². The summed E-state index contributed by atoms with van der Waals surface area (Å²) in [4.78, 5) is 23.9. The van der Waals surface area contributed by atoms with E-state index in [9.17, 15) is 9.90 Å². The van der Waals surface area contributed by atoms with E-state index in [4.69, 9.17) is 11.5 Å². The predicted molar refractivity (Wildman–Crippen MR) is 124 cm³/mol. The summed E-state index contributed by atoms with van der Waals surface area (Å²) in [6.07, 6.45) is 3.18. The van der Waals surface area contributed by atoms with E-state index in [0.29, 0.717) is 24.5 Å². The summed E-state index contributed by atoms with van der Waals surface area (Å²) in [6, 6.07) is 9.74. The summed E-state index contributed by atoms with van der Waals surface area (Å²) in [5.41, 5.74) is 13.8. The van der Waals surface area contributed by atoms with Crippen LogP contribution in [0.25, 0.3) is 16.7 Å². The number of rotatable bonds is 10. The van der Waals surface area contributed by atoms with Gasteiger partial charge in [-0.3, -0.25) is 9.56 Å². The van der Waals surface area contributed by atoms with E-state index in [0.717, 1.165) is 35.3 Å². The molecule has 1 atom stereocenters. The van der Waals surface area contributed by atoms with Gasteiger partial charge in [0.1, 0.15) is 5.65 Å². The number of hydrogen-bond acceptors (Lipinski definition) is 5. The zero-order chi connectivity index (χ0) is 22.4. The molecular weight excluding hydrogens is 394 g/mol. The molecule has 0 radical (unpaired) electrons. The summed E-state index contributed by atoms with van der Waals surface area (Å²) in [5, 5.41) is 13.8. The van der Waals surface area contributed by atoms with Crippen molar-refractivity contribution in [2.45, 2.75) is 38.6 Å². The van der Waals surface area contributed by atoms with Crippen molar-refractivity contribution < 1.29 is 5.11 Å². The lowest BCUT2D eigenvalue weighted by molar-refractivity contribution is 0.265. The molecule has 0 fully saturated rings. The Morgan fingerprint density at radius 3 is 2.68 bits per heavy atom. The van der Waals surface area contributed by atoms with Gasteiger partial charge < -0.3 is 26.9 Å². The highest BCUT2D eigenvalue weighted by atomic mass is 16.3. The first kappa shape index (κ1) is 22.5. The quantitative estimate of drug-likeness (QED) is 0.189. The molecule has 7 N–H and O–H groups in total. The lowest BCUT2D eigenvalue weighted by Gasteiger charge is -2.18. The van der Waals surface area contributed by atoms with Crippen LogP contribution in [0.4, 0.5) is 0 Å². The number of benzene rings is 1. The third kappa shape index (κ3) is 5.71. The smallest absolute Gasteiger partial charge is 0.354 e. The molecule has 2 heterocycles. The van der Waals surface area contributed by atoms with Crippen LogP contribution in [0.2, 0.25) is 0 Å². The highest BCUT2D eigenvalue weighted by Crippen LogP contribution is 2.21. The molecule has 0 aliphatic rings. The fourth-order valence-corrected chi connectivity index (χ4v) is 3.46. The van der Waals surface area contributed by atoms with Crippen LogP contribution in [0.15, 0.2) is 46.3 Å². The van der Waals surface area contributed by atoms with Crippen molar-refractivity contribution in [3.63, 3.8) is 0 Å². The van der Waals surface area contributed by atoms with Gasteiger partial charge in [0.25, 0.3) is 0 Å². The average Bonchev–Trinajstić information content (AvgIpc) is 3.15. The Morgan fingerprint density at radius 1 is 1.29 bits per heavy atom. The van der Waals surface area contributed by atoms with Crippen molar-refractivity contribution in [3.8, 4) is 5.69 Å². The summed E-state index contributed by atoms with van der Waals surface area (Å²) in [6.45, 7) is 5.52. The highest BCUT2D eigenvalue weighted by Gasteiger charge is 2.12. The van der Waals surface area contributed by atoms with E-state index in [1.54, 1.807) is 4.57 Å². The zero-order valence-electron chi connectivity index (χ0n) is 18.0. The number of nitrogens with two attached hydrogens (primary N) is 2. The first-order valence-electron chi connectivity index (χ1n) is 10.5. The summed E-state index contributed by atoms with van der Waals surface area (Å²) < 4.78 is 1.55. The molecule has 0 amide bonds. The molecule has 0 bridgehead atoms. The van der Waals surface area contributed by atoms with Crippen molar-refractivity contribution in [2.75, 3.05) is 19.7 Å². The number of nitrogens with zero attached hydrogens (tertiary/aromatic N) is 3. The molecule has 0 aliphatic carbocycles. The predicted octanol–water partition coefficient (Wildman–Crippen LogP) is 1.51. The van der Waals surface area contributed by atoms with Crippen LogP contribution in [-0.4, -0.2) is 45.3 Å². The SMILES string of the molecule is CC(C)c1cc2cn(-c3ccc([C@@H](CCO)NCCCN=C(N)N)cc3)c(=O)nc2[nH]1. The molecule has 3 aromatic rings. The topological polar surface area (TPSA) is 147 Å². The lowest BCUT2D eigenvalue weighted by Crippen LogP contribution is -2.26. The lowest BCUT2D eigenvalue weighted by atomic mass is 10.0. The van der Waals surface area contributed by atoms with E-state index < -0.39 is 0 Å². The van der Waals surface area contributed by atoms with Crippen LogP contribution >= 0.6 is 0 Å². The summed E-state index contributed by atoms with van der Waals surface area (Å²) in [7, 11) is 0. The van der Waals surface area contributed by atoms with Gasteiger partial charge in [-0.2, -0.15) is 4.98 Å². The molecule has 0 spiro atoms. The first-order valence-corrected chi connectivity index (χ1v) is 10.5. The zero-order valence-corrected chi connectivity index (χ0v) is 18.0. The van der Waals surface area contributed by atoms with Gasteiger partial charge in [-0.05, 0) is 49.1 Å². The Bertz CT molecular complexity index is 1080. The molecule has 0 saturated carbocycles. The second-order valence-electron chi connectivity index (χ2n) is 7.85. The van der Waals surface area contributed by atoms with Gasteiger partial charge in [0.2, 0.25) is 0 Å². The maximum Gasteiger partial charge on any atom is 0.354 e. The van der Waals surface area contributed by atoms with Crippen LogP contribution in [-0.2, 0) is 0 Å². The Kier molecular flexibility index (Phi) is 7.43. The van der Waals surface area contributed by atoms with Crippen molar-refractivity contribution in [1.82, 2.24) is 19.9 Å². The molecule has 1 aromatic carbocycles. The molecule has 31 heavy (non-hydrogen) atoms. The van der Waals surface area contributed by atoms with E-state index in [1.807, 2.05) is 36.5 Å². The third-order valence-corrected chi connectivity index (χ3v) is 5.16. The largest absolute Gasteiger partial charge is 0.396 e. The standard InChI is InChI=1S/C22H31N7O2/c1-14(2)19-12-16-13-29(22(31)28-20(16)27-19)17-6-4-15(5-7-17)18(8-11-30)25-9-3-10-26-21(23)24/h4-7,12-14,18,25,30H,3,8-11H2,1-2H3,(H4,23,24,26)(H,27,28,31)/t18-/m1/s1. The Labute approximate surface area is 181 Å². The minimum atomic E-state index is -0.331. The number of aliphatic hydroxyl groups excluding tert-OH is 1. The molecule has 9 heteroatoms. The number of guanidine groups is 1. The molecule has 2 aromatic heterocycles. The van der Waals surface area contributed by atoms with E-state index >= 15 is 0 Å². The van der Waals surface area contributed by atoms with Gasteiger partial charge in [-0.25, -0.2) is 4.79 Å². The van der Waals surface area contributed by atoms with Crippen molar-refractivity contribution in [1.29, 1.82) is 0 Å². The molecule has 0 saturated heterocycles. The number of aliphatic imine (C=N–C) groups is 1. The monoisotopic (exact) mass is 425 g/mol. The number of aromatic amines is 1. The third-order valence-electron chi connectivity index (χ3n) is 5.16. The van der Waals surface area contributed by atoms with Crippen molar-refractivity contribution in [3.05, 3.63) is 58.3 Å². The number of nitrogens with one attached hydrogen (secondary N) is 2. The van der Waals surface area contributed by atoms with Crippen molar-refractivity contribution in [2.24, 2.45) is 16.5 Å². The van der Waals surface area contributed by atoms with Gasteiger partial charge in [0.05, 0.1) is 5.69 Å². The number of aliphatic hydroxyl groups is 1. The van der Waals surface area contributed by atoms with Gasteiger partial charge >= 0.3 is 5.69 Å². The Balaban J connectivity index is 1.76.